The Morgan fingerprint density at radius 2 is 2.00 bits per heavy atom. The molecule has 1 amide bonds. The largest absolute Gasteiger partial charge is 0.359 e. The molecule has 0 atom stereocenters. The van der Waals surface area contributed by atoms with E-state index in [-0.39, 0.29) is 5.91 Å². The van der Waals surface area contributed by atoms with Crippen LogP contribution in [0.4, 0.5) is 4.39 Å². The molecule has 1 aliphatic rings. The fraction of sp³-hybridized carbons (Fsp3) is 0.385. The summed E-state index contributed by atoms with van der Waals surface area (Å²) >= 11 is 8.25. The Morgan fingerprint density at radius 1 is 1.30 bits per heavy atom. The molecule has 7 heteroatoms. The average molecular weight is 360 g/mol. The number of thiocarbonyl (C=S) groups is 1. The van der Waals surface area contributed by atoms with Crippen molar-refractivity contribution in [3.8, 4) is 0 Å². The summed E-state index contributed by atoms with van der Waals surface area (Å²) in [5.41, 5.74) is 5.48. The lowest BCUT2D eigenvalue weighted by Crippen LogP contribution is -2.49. The van der Waals surface area contributed by atoms with Gasteiger partial charge in [-0.3, -0.25) is 15.6 Å². The minimum Gasteiger partial charge on any atom is -0.359 e. The van der Waals surface area contributed by atoms with Crippen LogP contribution >= 0.6 is 28.1 Å². The van der Waals surface area contributed by atoms with E-state index in [2.05, 4.69) is 32.1 Å². The van der Waals surface area contributed by atoms with E-state index in [9.17, 15) is 9.18 Å². The Balaban J connectivity index is 1.83. The van der Waals surface area contributed by atoms with Crippen molar-refractivity contribution in [1.29, 1.82) is 0 Å². The number of hydrogen-bond acceptors (Lipinski definition) is 2. The molecule has 1 fully saturated rings. The van der Waals surface area contributed by atoms with Crippen LogP contribution in [-0.2, 0) is 0 Å². The summed E-state index contributed by atoms with van der Waals surface area (Å²) < 4.78 is 13.3. The molecule has 3 N–H and O–H groups in total. The second-order valence-corrected chi connectivity index (χ2v) is 5.92. The van der Waals surface area contributed by atoms with Crippen LogP contribution in [0.25, 0.3) is 0 Å². The number of amides is 1. The van der Waals surface area contributed by atoms with E-state index in [0.29, 0.717) is 21.2 Å². The number of benzene rings is 1. The Labute approximate surface area is 130 Å². The van der Waals surface area contributed by atoms with E-state index >= 15 is 0 Å². The van der Waals surface area contributed by atoms with Crippen molar-refractivity contribution in [3.05, 3.63) is 34.1 Å². The third kappa shape index (κ3) is 4.14. The zero-order valence-electron chi connectivity index (χ0n) is 10.7. The molecule has 0 unspecified atom stereocenters. The van der Waals surface area contributed by atoms with Gasteiger partial charge in [0, 0.05) is 10.5 Å². The van der Waals surface area contributed by atoms with Gasteiger partial charge in [-0.1, -0.05) is 12.8 Å². The first-order chi connectivity index (χ1) is 9.56. The second kappa shape index (κ2) is 6.99. The van der Waals surface area contributed by atoms with Gasteiger partial charge in [0.25, 0.3) is 5.91 Å². The SMILES string of the molecule is O=C(NNC(=S)NC1CCCC1)c1ccc(F)cc1Br. The Bertz CT molecular complexity index is 520. The quantitative estimate of drug-likeness (QED) is 0.561. The predicted molar refractivity (Wildman–Crippen MR) is 82.7 cm³/mol. The summed E-state index contributed by atoms with van der Waals surface area (Å²) in [6, 6.07) is 4.26. The van der Waals surface area contributed by atoms with Gasteiger partial charge < -0.3 is 5.32 Å². The lowest BCUT2D eigenvalue weighted by Gasteiger charge is -2.16. The van der Waals surface area contributed by atoms with Gasteiger partial charge in [0.1, 0.15) is 5.82 Å². The van der Waals surface area contributed by atoms with E-state index in [4.69, 9.17) is 12.2 Å². The van der Waals surface area contributed by atoms with Crippen molar-refractivity contribution in [3.63, 3.8) is 0 Å². The van der Waals surface area contributed by atoms with Crippen LogP contribution in [0.5, 0.6) is 0 Å². The number of carbonyl (C=O) groups is 1. The third-order valence-electron chi connectivity index (χ3n) is 3.16. The van der Waals surface area contributed by atoms with Crippen LogP contribution in [0.2, 0.25) is 0 Å². The molecule has 0 aromatic heterocycles. The van der Waals surface area contributed by atoms with Crippen LogP contribution in [0.1, 0.15) is 36.0 Å². The maximum absolute atomic E-state index is 12.9. The van der Waals surface area contributed by atoms with E-state index in [1.807, 2.05) is 0 Å². The minimum absolute atomic E-state index is 0.336. The van der Waals surface area contributed by atoms with Crippen molar-refractivity contribution < 1.29 is 9.18 Å². The maximum atomic E-state index is 12.9. The molecule has 1 saturated carbocycles. The summed E-state index contributed by atoms with van der Waals surface area (Å²) in [5.74, 6) is -0.785. The van der Waals surface area contributed by atoms with Crippen molar-refractivity contribution in [1.82, 2.24) is 16.2 Å². The highest BCUT2D eigenvalue weighted by molar-refractivity contribution is 9.10. The van der Waals surface area contributed by atoms with Gasteiger partial charge >= 0.3 is 0 Å². The van der Waals surface area contributed by atoms with Gasteiger partial charge in [-0.05, 0) is 59.2 Å². The molecule has 0 saturated heterocycles. The average Bonchev–Trinajstić information content (AvgIpc) is 2.89. The van der Waals surface area contributed by atoms with Crippen LogP contribution in [0.3, 0.4) is 0 Å². The van der Waals surface area contributed by atoms with Gasteiger partial charge in [0.2, 0.25) is 0 Å². The molecule has 0 bridgehead atoms. The second-order valence-electron chi connectivity index (χ2n) is 4.66. The first-order valence-electron chi connectivity index (χ1n) is 6.38. The topological polar surface area (TPSA) is 53.2 Å². The Kier molecular flexibility index (Phi) is 5.31. The maximum Gasteiger partial charge on any atom is 0.270 e. The first kappa shape index (κ1) is 15.2. The number of rotatable bonds is 2. The molecule has 20 heavy (non-hydrogen) atoms. The van der Waals surface area contributed by atoms with Crippen LogP contribution < -0.4 is 16.2 Å². The van der Waals surface area contributed by atoms with Crippen LogP contribution in [0.15, 0.2) is 22.7 Å². The summed E-state index contributed by atoms with van der Waals surface area (Å²) in [4.78, 5) is 11.9. The predicted octanol–water partition coefficient (Wildman–Crippen LogP) is 2.64. The number of hydrogen-bond donors (Lipinski definition) is 3. The molecular weight excluding hydrogens is 345 g/mol. The minimum atomic E-state index is -0.403. The molecule has 1 aromatic carbocycles. The molecular formula is C13H15BrFN3OS. The smallest absolute Gasteiger partial charge is 0.270 e. The van der Waals surface area contributed by atoms with Gasteiger partial charge in [0.05, 0.1) is 5.56 Å². The monoisotopic (exact) mass is 359 g/mol. The van der Waals surface area contributed by atoms with Crippen molar-refractivity contribution in [2.45, 2.75) is 31.7 Å². The fourth-order valence-corrected chi connectivity index (χ4v) is 2.89. The third-order valence-corrected chi connectivity index (χ3v) is 4.03. The lowest BCUT2D eigenvalue weighted by atomic mass is 10.2. The Morgan fingerprint density at radius 3 is 2.65 bits per heavy atom. The molecule has 0 heterocycles. The number of hydrazine groups is 1. The summed E-state index contributed by atoms with van der Waals surface area (Å²) in [7, 11) is 0. The van der Waals surface area contributed by atoms with Gasteiger partial charge in [-0.25, -0.2) is 4.39 Å². The van der Waals surface area contributed by atoms with E-state index in [0.717, 1.165) is 12.8 Å². The highest BCUT2D eigenvalue weighted by Crippen LogP contribution is 2.18. The van der Waals surface area contributed by atoms with E-state index in [1.165, 1.54) is 31.0 Å². The number of halogens is 2. The molecule has 1 aromatic rings. The first-order valence-corrected chi connectivity index (χ1v) is 7.58. The standard InChI is InChI=1S/C13H15BrFN3OS/c14-11-7-8(15)5-6-10(11)12(19)17-18-13(20)16-9-3-1-2-4-9/h5-7,9H,1-4H2,(H,17,19)(H2,16,18,20). The van der Waals surface area contributed by atoms with Gasteiger partial charge in [-0.15, -0.1) is 0 Å². The van der Waals surface area contributed by atoms with E-state index in [1.54, 1.807) is 0 Å². The molecule has 1 aliphatic carbocycles. The summed E-state index contributed by atoms with van der Waals surface area (Å²) in [6.45, 7) is 0. The van der Waals surface area contributed by atoms with Crippen LogP contribution in [-0.4, -0.2) is 17.1 Å². The molecule has 0 radical (unpaired) electrons. The molecule has 0 aliphatic heterocycles. The summed E-state index contributed by atoms with van der Waals surface area (Å²) in [6.07, 6.45) is 4.60. The zero-order valence-corrected chi connectivity index (χ0v) is 13.1. The molecule has 4 nitrogen and oxygen atoms in total. The van der Waals surface area contributed by atoms with Crippen LogP contribution in [0, 0.1) is 5.82 Å². The summed E-state index contributed by atoms with van der Waals surface area (Å²) in [5, 5.41) is 3.54. The van der Waals surface area contributed by atoms with E-state index < -0.39 is 5.82 Å². The normalized spacial score (nSPS) is 14.9. The van der Waals surface area contributed by atoms with Gasteiger partial charge in [0.15, 0.2) is 5.11 Å². The van der Waals surface area contributed by atoms with Crippen molar-refractivity contribution in [2.24, 2.45) is 0 Å². The Hall–Kier alpha value is -1.21. The molecule has 108 valence electrons. The fourth-order valence-electron chi connectivity index (χ4n) is 2.15. The molecule has 2 rings (SSSR count). The number of nitrogens with one attached hydrogen (secondary N) is 3. The van der Waals surface area contributed by atoms with Gasteiger partial charge in [-0.2, -0.15) is 0 Å². The molecule has 0 spiro atoms. The highest BCUT2D eigenvalue weighted by Gasteiger charge is 2.16. The number of carbonyl (C=O) groups excluding carboxylic acids is 1. The highest BCUT2D eigenvalue weighted by atomic mass is 79.9. The lowest BCUT2D eigenvalue weighted by molar-refractivity contribution is 0.0942. The zero-order chi connectivity index (χ0) is 14.5. The van der Waals surface area contributed by atoms with Crippen molar-refractivity contribution >= 4 is 39.2 Å². The van der Waals surface area contributed by atoms with Crippen molar-refractivity contribution in [2.75, 3.05) is 0 Å².